The number of hydrogen-bond acceptors (Lipinski definition) is 4. The first-order chi connectivity index (χ1) is 10.2. The van der Waals surface area contributed by atoms with E-state index in [1.807, 2.05) is 58.2 Å². The Morgan fingerprint density at radius 3 is 2.33 bits per heavy atom. The van der Waals surface area contributed by atoms with Gasteiger partial charge in [0.05, 0.1) is 19.3 Å². The highest BCUT2D eigenvalue weighted by Gasteiger charge is 2.18. The van der Waals surface area contributed by atoms with Crippen molar-refractivity contribution in [3.8, 4) is 11.5 Å². The SMILES string of the molecule is CCOc1ccc(C(NC)c2ccc(C)o2)cc1OCC. The molecule has 0 radical (unpaired) electrons. The van der Waals surface area contributed by atoms with Gasteiger partial charge in [0.25, 0.3) is 0 Å². The molecule has 0 aliphatic heterocycles. The van der Waals surface area contributed by atoms with Crippen molar-refractivity contribution in [3.05, 3.63) is 47.4 Å². The molecule has 1 heterocycles. The third kappa shape index (κ3) is 3.58. The Hall–Kier alpha value is -1.94. The van der Waals surface area contributed by atoms with Crippen LogP contribution in [0, 0.1) is 6.92 Å². The first-order valence-electron chi connectivity index (χ1n) is 7.32. The summed E-state index contributed by atoms with van der Waals surface area (Å²) in [6.45, 7) is 7.10. The molecule has 0 spiro atoms. The van der Waals surface area contributed by atoms with Crippen LogP contribution in [0.15, 0.2) is 34.7 Å². The van der Waals surface area contributed by atoms with Crippen LogP contribution in [-0.2, 0) is 0 Å². The molecule has 0 amide bonds. The molecule has 4 nitrogen and oxygen atoms in total. The molecule has 0 saturated heterocycles. The van der Waals surface area contributed by atoms with Gasteiger partial charge >= 0.3 is 0 Å². The number of benzene rings is 1. The third-order valence-corrected chi connectivity index (χ3v) is 3.24. The van der Waals surface area contributed by atoms with E-state index in [0.717, 1.165) is 28.6 Å². The minimum absolute atomic E-state index is 0.00594. The van der Waals surface area contributed by atoms with Crippen LogP contribution < -0.4 is 14.8 Å². The van der Waals surface area contributed by atoms with E-state index in [9.17, 15) is 0 Å². The second-order valence-electron chi connectivity index (χ2n) is 4.74. The van der Waals surface area contributed by atoms with Gasteiger partial charge in [-0.1, -0.05) is 6.07 Å². The summed E-state index contributed by atoms with van der Waals surface area (Å²) < 4.78 is 17.0. The molecule has 0 bridgehead atoms. The van der Waals surface area contributed by atoms with Crippen molar-refractivity contribution in [2.24, 2.45) is 0 Å². The highest BCUT2D eigenvalue weighted by Crippen LogP contribution is 2.33. The monoisotopic (exact) mass is 289 g/mol. The van der Waals surface area contributed by atoms with Gasteiger partial charge in [-0.05, 0) is 57.6 Å². The summed E-state index contributed by atoms with van der Waals surface area (Å²) in [7, 11) is 1.92. The van der Waals surface area contributed by atoms with Gasteiger partial charge in [0.15, 0.2) is 11.5 Å². The highest BCUT2D eigenvalue weighted by atomic mass is 16.5. The molecule has 0 fully saturated rings. The van der Waals surface area contributed by atoms with E-state index >= 15 is 0 Å². The molecule has 2 aromatic rings. The van der Waals surface area contributed by atoms with Gasteiger partial charge in [0.1, 0.15) is 11.5 Å². The molecule has 1 aromatic carbocycles. The Labute approximate surface area is 126 Å². The maximum Gasteiger partial charge on any atom is 0.161 e. The summed E-state index contributed by atoms with van der Waals surface area (Å²) >= 11 is 0. The van der Waals surface area contributed by atoms with E-state index < -0.39 is 0 Å². The lowest BCUT2D eigenvalue weighted by Crippen LogP contribution is -2.17. The fraction of sp³-hybridized carbons (Fsp3) is 0.412. The van der Waals surface area contributed by atoms with Gasteiger partial charge in [0.2, 0.25) is 0 Å². The van der Waals surface area contributed by atoms with E-state index in [0.29, 0.717) is 13.2 Å². The molecule has 2 rings (SSSR count). The zero-order valence-corrected chi connectivity index (χ0v) is 13.1. The summed E-state index contributed by atoms with van der Waals surface area (Å²) in [6.07, 6.45) is 0. The number of rotatable bonds is 7. The molecule has 0 aliphatic carbocycles. The lowest BCUT2D eigenvalue weighted by molar-refractivity contribution is 0.287. The van der Waals surface area contributed by atoms with Crippen molar-refractivity contribution in [2.45, 2.75) is 26.8 Å². The average molecular weight is 289 g/mol. The Bertz CT molecular complexity index is 577. The van der Waals surface area contributed by atoms with Crippen LogP contribution in [0.4, 0.5) is 0 Å². The topological polar surface area (TPSA) is 43.6 Å². The maximum atomic E-state index is 5.73. The quantitative estimate of drug-likeness (QED) is 0.844. The number of ether oxygens (including phenoxy) is 2. The van der Waals surface area contributed by atoms with Crippen LogP contribution in [0.2, 0.25) is 0 Å². The van der Waals surface area contributed by atoms with Gasteiger partial charge in [0, 0.05) is 0 Å². The molecule has 0 saturated carbocycles. The van der Waals surface area contributed by atoms with Crippen molar-refractivity contribution in [2.75, 3.05) is 20.3 Å². The predicted molar refractivity (Wildman–Crippen MR) is 83.1 cm³/mol. The van der Waals surface area contributed by atoms with Gasteiger partial charge in [-0.2, -0.15) is 0 Å². The number of furan rings is 1. The molecule has 114 valence electrons. The minimum atomic E-state index is -0.00594. The van der Waals surface area contributed by atoms with Crippen LogP contribution in [0.1, 0.15) is 37.0 Å². The van der Waals surface area contributed by atoms with E-state index in [1.165, 1.54) is 0 Å². The van der Waals surface area contributed by atoms with Crippen LogP contribution >= 0.6 is 0 Å². The zero-order chi connectivity index (χ0) is 15.2. The Morgan fingerprint density at radius 1 is 1.05 bits per heavy atom. The van der Waals surface area contributed by atoms with Gasteiger partial charge in [-0.25, -0.2) is 0 Å². The summed E-state index contributed by atoms with van der Waals surface area (Å²) in [4.78, 5) is 0. The van der Waals surface area contributed by atoms with Gasteiger partial charge < -0.3 is 19.2 Å². The van der Waals surface area contributed by atoms with Crippen molar-refractivity contribution >= 4 is 0 Å². The van der Waals surface area contributed by atoms with Gasteiger partial charge in [-0.3, -0.25) is 0 Å². The van der Waals surface area contributed by atoms with E-state index in [1.54, 1.807) is 0 Å². The van der Waals surface area contributed by atoms with E-state index in [4.69, 9.17) is 13.9 Å². The zero-order valence-electron chi connectivity index (χ0n) is 13.1. The predicted octanol–water partition coefficient (Wildman–Crippen LogP) is 3.69. The smallest absolute Gasteiger partial charge is 0.161 e. The van der Waals surface area contributed by atoms with Crippen molar-refractivity contribution in [3.63, 3.8) is 0 Å². The second-order valence-corrected chi connectivity index (χ2v) is 4.74. The number of nitrogens with one attached hydrogen (secondary N) is 1. The number of hydrogen-bond donors (Lipinski definition) is 1. The average Bonchev–Trinajstić information content (AvgIpc) is 2.89. The minimum Gasteiger partial charge on any atom is -0.490 e. The lowest BCUT2D eigenvalue weighted by Gasteiger charge is -2.17. The molecule has 1 aromatic heterocycles. The molecule has 0 aliphatic rings. The van der Waals surface area contributed by atoms with Crippen LogP contribution in [0.25, 0.3) is 0 Å². The molecule has 1 unspecified atom stereocenters. The maximum absolute atomic E-state index is 5.73. The fourth-order valence-electron chi connectivity index (χ4n) is 2.33. The number of aryl methyl sites for hydroxylation is 1. The largest absolute Gasteiger partial charge is 0.490 e. The summed E-state index contributed by atoms with van der Waals surface area (Å²) in [6, 6.07) is 9.95. The standard InChI is InChI=1S/C17H23NO3/c1-5-19-14-10-8-13(11-16(14)20-6-2)17(18-4)15-9-7-12(3)21-15/h7-11,17-18H,5-6H2,1-4H3. The Balaban J connectivity index is 2.35. The van der Waals surface area contributed by atoms with Gasteiger partial charge in [-0.15, -0.1) is 0 Å². The van der Waals surface area contributed by atoms with Crippen molar-refractivity contribution < 1.29 is 13.9 Å². The molecule has 1 N–H and O–H groups in total. The first-order valence-corrected chi connectivity index (χ1v) is 7.32. The van der Waals surface area contributed by atoms with Crippen molar-refractivity contribution in [1.29, 1.82) is 0 Å². The van der Waals surface area contributed by atoms with E-state index in [2.05, 4.69) is 5.32 Å². The van der Waals surface area contributed by atoms with Crippen LogP contribution in [0.3, 0.4) is 0 Å². The Kier molecular flexibility index (Phi) is 5.28. The van der Waals surface area contributed by atoms with Crippen LogP contribution in [-0.4, -0.2) is 20.3 Å². The molecular formula is C17H23NO3. The lowest BCUT2D eigenvalue weighted by atomic mass is 10.0. The summed E-state index contributed by atoms with van der Waals surface area (Å²) in [5.41, 5.74) is 1.08. The van der Waals surface area contributed by atoms with E-state index in [-0.39, 0.29) is 6.04 Å². The van der Waals surface area contributed by atoms with Crippen molar-refractivity contribution in [1.82, 2.24) is 5.32 Å². The molecular weight excluding hydrogens is 266 g/mol. The van der Waals surface area contributed by atoms with Crippen LogP contribution in [0.5, 0.6) is 11.5 Å². The fourth-order valence-corrected chi connectivity index (χ4v) is 2.33. The Morgan fingerprint density at radius 2 is 1.76 bits per heavy atom. The third-order valence-electron chi connectivity index (χ3n) is 3.24. The molecule has 21 heavy (non-hydrogen) atoms. The molecule has 1 atom stereocenters. The first kappa shape index (κ1) is 15.4. The summed E-state index contributed by atoms with van der Waals surface area (Å²) in [5, 5.41) is 3.28. The summed E-state index contributed by atoms with van der Waals surface area (Å²) in [5.74, 6) is 3.33. The highest BCUT2D eigenvalue weighted by molar-refractivity contribution is 5.45. The second kappa shape index (κ2) is 7.18. The molecule has 4 heteroatoms. The normalized spacial score (nSPS) is 12.2.